The summed E-state index contributed by atoms with van der Waals surface area (Å²) in [4.78, 5) is 27.7. The number of benzene rings is 3. The third kappa shape index (κ3) is 5.63. The molecule has 46 heavy (non-hydrogen) atoms. The number of carbonyl (C=O) groups is 1. The van der Waals surface area contributed by atoms with Gasteiger partial charge in [0.15, 0.2) is 5.82 Å². The molecular weight excluding hydrogens is 596 g/mol. The SMILES string of the molecule is C#Cc1c(F)ccc2cc(O)cc(-c3ncc4c(N5CC(C)C(NC(=O)OCc6ccc(OC)cc6)C5)nc(OC)nc4c3F)c12. The summed E-state index contributed by atoms with van der Waals surface area (Å²) in [6.07, 6.45) is 6.46. The number of hydrogen-bond donors (Lipinski definition) is 2. The third-order valence-corrected chi connectivity index (χ3v) is 8.02. The van der Waals surface area contributed by atoms with Crippen molar-refractivity contribution in [2.45, 2.75) is 19.6 Å². The highest BCUT2D eigenvalue weighted by Gasteiger charge is 2.34. The quantitative estimate of drug-likeness (QED) is 0.224. The summed E-state index contributed by atoms with van der Waals surface area (Å²) in [6.45, 7) is 2.89. The van der Waals surface area contributed by atoms with E-state index in [2.05, 4.69) is 26.2 Å². The first-order valence-corrected chi connectivity index (χ1v) is 14.3. The van der Waals surface area contributed by atoms with Crippen LogP contribution >= 0.6 is 0 Å². The lowest BCUT2D eigenvalue weighted by molar-refractivity contribution is 0.134. The van der Waals surface area contributed by atoms with Crippen molar-refractivity contribution >= 4 is 33.6 Å². The van der Waals surface area contributed by atoms with E-state index in [0.717, 1.165) is 5.56 Å². The number of nitrogens with zero attached hydrogens (tertiary/aromatic N) is 4. The normalized spacial score (nSPS) is 16.0. The molecule has 2 unspecified atom stereocenters. The fraction of sp³-hybridized carbons (Fsp3) is 0.235. The summed E-state index contributed by atoms with van der Waals surface area (Å²) in [5, 5.41) is 14.3. The van der Waals surface area contributed by atoms with Gasteiger partial charge >= 0.3 is 12.1 Å². The Hall–Kier alpha value is -5.70. The maximum absolute atomic E-state index is 16.4. The number of halogens is 2. The number of amides is 1. The Morgan fingerprint density at radius 1 is 1.11 bits per heavy atom. The number of aromatic nitrogens is 3. The van der Waals surface area contributed by atoms with Crippen LogP contribution in [0, 0.1) is 29.9 Å². The Kier molecular flexibility index (Phi) is 8.15. The predicted molar refractivity (Wildman–Crippen MR) is 168 cm³/mol. The van der Waals surface area contributed by atoms with Gasteiger partial charge in [-0.3, -0.25) is 4.98 Å². The van der Waals surface area contributed by atoms with E-state index < -0.39 is 17.7 Å². The van der Waals surface area contributed by atoms with Crippen molar-refractivity contribution in [2.24, 2.45) is 5.92 Å². The summed E-state index contributed by atoms with van der Waals surface area (Å²) in [7, 11) is 2.94. The zero-order valence-electron chi connectivity index (χ0n) is 25.2. The molecule has 0 saturated carbocycles. The van der Waals surface area contributed by atoms with E-state index >= 15 is 4.39 Å². The van der Waals surface area contributed by atoms with Gasteiger partial charge in [-0.1, -0.05) is 31.0 Å². The molecule has 3 heterocycles. The predicted octanol–water partition coefficient (Wildman–Crippen LogP) is 5.58. The number of pyridine rings is 1. The van der Waals surface area contributed by atoms with E-state index in [1.165, 1.54) is 37.6 Å². The number of aromatic hydroxyl groups is 1. The molecule has 5 aromatic rings. The standard InChI is InChI=1S/C34H29F2N5O5/c1-5-23-26(35)11-8-20-12-21(42)13-24(28(20)23)30-29(36)31-25(14-37-30)32(40-33(39-31)45-4)41-15-18(2)27(16-41)38-34(43)46-17-19-6-9-22(44-3)10-7-19/h1,6-14,18,27,42H,15-17H2,2-4H3,(H,38,43). The van der Waals surface area contributed by atoms with Gasteiger partial charge in [0.25, 0.3) is 0 Å². The van der Waals surface area contributed by atoms with Gasteiger partial charge in [-0.05, 0) is 47.2 Å². The molecule has 1 amide bonds. The molecule has 2 aromatic heterocycles. The monoisotopic (exact) mass is 625 g/mol. The number of carbonyl (C=O) groups excluding carboxylic acids is 1. The van der Waals surface area contributed by atoms with Gasteiger partial charge < -0.3 is 29.5 Å². The van der Waals surface area contributed by atoms with Crippen LogP contribution in [-0.4, -0.2) is 59.5 Å². The number of fused-ring (bicyclic) bond motifs is 2. The zero-order valence-corrected chi connectivity index (χ0v) is 25.2. The number of alkyl carbamates (subject to hydrolysis) is 1. The second-order valence-corrected chi connectivity index (χ2v) is 10.9. The maximum Gasteiger partial charge on any atom is 0.407 e. The molecule has 1 saturated heterocycles. The summed E-state index contributed by atoms with van der Waals surface area (Å²) < 4.78 is 47.0. The number of anilines is 1. The molecule has 0 aliphatic carbocycles. The average Bonchev–Trinajstić information content (AvgIpc) is 3.42. The largest absolute Gasteiger partial charge is 0.508 e. The van der Waals surface area contributed by atoms with Gasteiger partial charge in [0.05, 0.1) is 31.2 Å². The summed E-state index contributed by atoms with van der Waals surface area (Å²) in [5.41, 5.74) is 0.557. The first kappa shape index (κ1) is 30.3. The Balaban J connectivity index is 1.30. The van der Waals surface area contributed by atoms with Crippen molar-refractivity contribution in [3.05, 3.63) is 77.5 Å². The van der Waals surface area contributed by atoms with Crippen molar-refractivity contribution in [1.29, 1.82) is 0 Å². The molecule has 6 rings (SSSR count). The third-order valence-electron chi connectivity index (χ3n) is 8.02. The van der Waals surface area contributed by atoms with Crippen molar-refractivity contribution in [3.8, 4) is 41.1 Å². The van der Waals surface area contributed by atoms with Crippen LogP contribution in [0.2, 0.25) is 0 Å². The number of rotatable bonds is 7. The Labute approximate surface area is 263 Å². The van der Waals surface area contributed by atoms with Crippen molar-refractivity contribution in [1.82, 2.24) is 20.3 Å². The summed E-state index contributed by atoms with van der Waals surface area (Å²) in [6, 6.07) is 12.1. The van der Waals surface area contributed by atoms with Crippen LogP contribution in [0.3, 0.4) is 0 Å². The number of phenols is 1. The molecule has 2 N–H and O–H groups in total. The second kappa shape index (κ2) is 12.4. The van der Waals surface area contributed by atoms with E-state index in [1.807, 2.05) is 24.0 Å². The molecule has 10 nitrogen and oxygen atoms in total. The minimum atomic E-state index is -0.831. The van der Waals surface area contributed by atoms with Crippen LogP contribution in [0.4, 0.5) is 19.4 Å². The van der Waals surface area contributed by atoms with Crippen LogP contribution in [-0.2, 0) is 11.3 Å². The molecule has 1 aliphatic heterocycles. The number of ether oxygens (including phenoxy) is 3. The molecule has 0 bridgehead atoms. The number of nitrogens with one attached hydrogen (secondary N) is 1. The number of phenolic OH excluding ortho intramolecular Hbond substituents is 1. The van der Waals surface area contributed by atoms with Gasteiger partial charge in [-0.2, -0.15) is 9.97 Å². The van der Waals surface area contributed by atoms with E-state index in [4.69, 9.17) is 20.6 Å². The maximum atomic E-state index is 16.4. The molecule has 1 aliphatic rings. The lowest BCUT2D eigenvalue weighted by Crippen LogP contribution is -2.40. The highest BCUT2D eigenvalue weighted by atomic mass is 19.1. The van der Waals surface area contributed by atoms with Gasteiger partial charge in [0, 0.05) is 30.2 Å². The van der Waals surface area contributed by atoms with Crippen LogP contribution < -0.4 is 19.7 Å². The van der Waals surface area contributed by atoms with E-state index in [1.54, 1.807) is 19.2 Å². The highest BCUT2D eigenvalue weighted by Crippen LogP contribution is 2.39. The number of methoxy groups -OCH3 is 2. The van der Waals surface area contributed by atoms with Gasteiger partial charge in [0.1, 0.15) is 41.0 Å². The van der Waals surface area contributed by atoms with Crippen LogP contribution in [0.5, 0.6) is 17.5 Å². The minimum Gasteiger partial charge on any atom is -0.508 e. The molecule has 3 aromatic carbocycles. The number of hydrogen-bond acceptors (Lipinski definition) is 9. The second-order valence-electron chi connectivity index (χ2n) is 10.9. The van der Waals surface area contributed by atoms with Crippen molar-refractivity contribution < 1.29 is 32.9 Å². The molecule has 1 fully saturated rings. The van der Waals surface area contributed by atoms with Crippen molar-refractivity contribution in [3.63, 3.8) is 0 Å². The molecule has 0 radical (unpaired) electrons. The lowest BCUT2D eigenvalue weighted by atomic mass is 9.96. The minimum absolute atomic E-state index is 0.0163. The molecule has 0 spiro atoms. The molecular formula is C34H29F2N5O5. The van der Waals surface area contributed by atoms with E-state index in [9.17, 15) is 14.3 Å². The van der Waals surface area contributed by atoms with Crippen LogP contribution in [0.25, 0.3) is 32.9 Å². The van der Waals surface area contributed by atoms with E-state index in [0.29, 0.717) is 35.4 Å². The van der Waals surface area contributed by atoms with Crippen LogP contribution in [0.15, 0.2) is 54.7 Å². The topological polar surface area (TPSA) is 119 Å². The van der Waals surface area contributed by atoms with Gasteiger partial charge in [-0.15, -0.1) is 6.42 Å². The fourth-order valence-electron chi connectivity index (χ4n) is 5.69. The molecule has 2 atom stereocenters. The summed E-state index contributed by atoms with van der Waals surface area (Å²) in [5.74, 6) is 1.71. The smallest absolute Gasteiger partial charge is 0.407 e. The first-order chi connectivity index (χ1) is 22.2. The Bertz CT molecular complexity index is 2020. The number of terminal acetylenes is 1. The van der Waals surface area contributed by atoms with Crippen LogP contribution in [0.1, 0.15) is 18.1 Å². The fourth-order valence-corrected chi connectivity index (χ4v) is 5.69. The van der Waals surface area contributed by atoms with E-state index in [-0.39, 0.29) is 58.1 Å². The Morgan fingerprint density at radius 3 is 2.61 bits per heavy atom. The summed E-state index contributed by atoms with van der Waals surface area (Å²) >= 11 is 0. The molecule has 12 heteroatoms. The van der Waals surface area contributed by atoms with Crippen molar-refractivity contribution in [2.75, 3.05) is 32.2 Å². The highest BCUT2D eigenvalue weighted by molar-refractivity contribution is 6.03. The lowest BCUT2D eigenvalue weighted by Gasteiger charge is -2.20. The zero-order chi connectivity index (χ0) is 32.5. The Morgan fingerprint density at radius 2 is 1.89 bits per heavy atom. The molecule has 234 valence electrons. The average molecular weight is 626 g/mol. The first-order valence-electron chi connectivity index (χ1n) is 14.3. The van der Waals surface area contributed by atoms with Gasteiger partial charge in [0.2, 0.25) is 0 Å². The van der Waals surface area contributed by atoms with Gasteiger partial charge in [-0.25, -0.2) is 13.6 Å².